The molecule has 1 aromatic rings. The first-order valence-corrected chi connectivity index (χ1v) is 4.39. The van der Waals surface area contributed by atoms with Crippen molar-refractivity contribution in [3.05, 3.63) is 35.6 Å². The molecule has 0 amide bonds. The number of halogens is 1. The van der Waals surface area contributed by atoms with Crippen LogP contribution < -0.4 is 5.32 Å². The minimum absolute atomic E-state index is 0.148. The second kappa shape index (κ2) is 3.44. The van der Waals surface area contributed by atoms with Crippen LogP contribution in [0.4, 0.5) is 4.39 Å². The van der Waals surface area contributed by atoms with Crippen LogP contribution in [0.2, 0.25) is 0 Å². The molecule has 0 spiro atoms. The molecule has 0 aromatic heterocycles. The van der Waals surface area contributed by atoms with Gasteiger partial charge in [-0.05, 0) is 24.6 Å². The molecule has 3 heteroatoms. The van der Waals surface area contributed by atoms with Gasteiger partial charge in [0.15, 0.2) is 0 Å². The van der Waals surface area contributed by atoms with E-state index >= 15 is 0 Å². The van der Waals surface area contributed by atoms with Crippen LogP contribution >= 0.6 is 0 Å². The van der Waals surface area contributed by atoms with Gasteiger partial charge >= 0.3 is 0 Å². The van der Waals surface area contributed by atoms with Crippen molar-refractivity contribution < 1.29 is 9.13 Å². The average molecular weight is 181 g/mol. The number of ether oxygens (including phenoxy) is 1. The highest BCUT2D eigenvalue weighted by Gasteiger charge is 2.22. The van der Waals surface area contributed by atoms with Crippen molar-refractivity contribution in [1.82, 2.24) is 5.32 Å². The summed E-state index contributed by atoms with van der Waals surface area (Å²) in [5, 5.41) is 3.21. The minimum atomic E-state index is -0.220. The Morgan fingerprint density at radius 3 is 3.00 bits per heavy atom. The average Bonchev–Trinajstić information content (AvgIpc) is 2.52. The first-order valence-electron chi connectivity index (χ1n) is 4.39. The Morgan fingerprint density at radius 2 is 2.38 bits per heavy atom. The van der Waals surface area contributed by atoms with Gasteiger partial charge in [-0.15, -0.1) is 0 Å². The van der Waals surface area contributed by atoms with E-state index in [0.29, 0.717) is 12.6 Å². The standard InChI is InChI=1S/C10H12FNO/c1-7-6-13-10(12-7)8-3-2-4-9(11)5-8/h2-5,7,10,12H,6H2,1H3. The van der Waals surface area contributed by atoms with Crippen LogP contribution in [0.1, 0.15) is 18.7 Å². The van der Waals surface area contributed by atoms with Crippen LogP contribution in [0.5, 0.6) is 0 Å². The third kappa shape index (κ3) is 1.87. The van der Waals surface area contributed by atoms with Crippen molar-refractivity contribution >= 4 is 0 Å². The Labute approximate surface area is 76.7 Å². The molecule has 70 valence electrons. The van der Waals surface area contributed by atoms with Gasteiger partial charge in [0.2, 0.25) is 0 Å². The Kier molecular flexibility index (Phi) is 2.29. The summed E-state index contributed by atoms with van der Waals surface area (Å²) in [6.45, 7) is 2.72. The highest BCUT2D eigenvalue weighted by molar-refractivity contribution is 5.19. The van der Waals surface area contributed by atoms with Crippen molar-refractivity contribution in [2.45, 2.75) is 19.2 Å². The molecular weight excluding hydrogens is 169 g/mol. The van der Waals surface area contributed by atoms with Gasteiger partial charge in [0.05, 0.1) is 6.61 Å². The van der Waals surface area contributed by atoms with E-state index in [1.165, 1.54) is 12.1 Å². The highest BCUT2D eigenvalue weighted by atomic mass is 19.1. The second-order valence-corrected chi connectivity index (χ2v) is 3.34. The molecule has 2 unspecified atom stereocenters. The topological polar surface area (TPSA) is 21.3 Å². The zero-order valence-electron chi connectivity index (χ0n) is 7.46. The van der Waals surface area contributed by atoms with Crippen molar-refractivity contribution in [3.63, 3.8) is 0 Å². The van der Waals surface area contributed by atoms with E-state index in [-0.39, 0.29) is 12.0 Å². The number of benzene rings is 1. The zero-order chi connectivity index (χ0) is 9.26. The molecule has 0 saturated carbocycles. The predicted molar refractivity (Wildman–Crippen MR) is 47.7 cm³/mol. The Balaban J connectivity index is 2.16. The van der Waals surface area contributed by atoms with E-state index in [4.69, 9.17) is 4.74 Å². The molecule has 1 aliphatic rings. The fraction of sp³-hybridized carbons (Fsp3) is 0.400. The van der Waals surface area contributed by atoms with Crippen LogP contribution in [0.3, 0.4) is 0 Å². The lowest BCUT2D eigenvalue weighted by Crippen LogP contribution is -2.22. The van der Waals surface area contributed by atoms with Crippen LogP contribution in [0.15, 0.2) is 24.3 Å². The Morgan fingerprint density at radius 1 is 1.54 bits per heavy atom. The Bertz CT molecular complexity index is 303. The molecule has 1 N–H and O–H groups in total. The maximum absolute atomic E-state index is 12.8. The summed E-state index contributed by atoms with van der Waals surface area (Å²) in [5.74, 6) is -0.220. The van der Waals surface area contributed by atoms with Crippen molar-refractivity contribution in [2.24, 2.45) is 0 Å². The van der Waals surface area contributed by atoms with Gasteiger partial charge in [-0.3, -0.25) is 5.32 Å². The van der Waals surface area contributed by atoms with Gasteiger partial charge in [-0.1, -0.05) is 12.1 Å². The fourth-order valence-electron chi connectivity index (χ4n) is 1.46. The summed E-state index contributed by atoms with van der Waals surface area (Å²) in [4.78, 5) is 0. The lowest BCUT2D eigenvalue weighted by atomic mass is 10.2. The highest BCUT2D eigenvalue weighted by Crippen LogP contribution is 2.20. The normalized spacial score (nSPS) is 27.8. The molecule has 1 fully saturated rings. The molecule has 2 rings (SSSR count). The molecule has 0 radical (unpaired) electrons. The molecule has 1 aromatic carbocycles. The molecule has 13 heavy (non-hydrogen) atoms. The van der Waals surface area contributed by atoms with Gasteiger partial charge in [0.1, 0.15) is 12.0 Å². The van der Waals surface area contributed by atoms with E-state index in [2.05, 4.69) is 5.32 Å². The number of hydrogen-bond acceptors (Lipinski definition) is 2. The summed E-state index contributed by atoms with van der Waals surface area (Å²) in [5.41, 5.74) is 0.851. The number of nitrogens with one attached hydrogen (secondary N) is 1. The first kappa shape index (κ1) is 8.66. The lowest BCUT2D eigenvalue weighted by Gasteiger charge is -2.10. The third-order valence-corrected chi connectivity index (χ3v) is 2.10. The molecule has 0 bridgehead atoms. The largest absolute Gasteiger partial charge is 0.357 e. The van der Waals surface area contributed by atoms with Crippen LogP contribution in [0, 0.1) is 5.82 Å². The van der Waals surface area contributed by atoms with E-state index in [1.807, 2.05) is 13.0 Å². The van der Waals surface area contributed by atoms with Gasteiger partial charge < -0.3 is 4.74 Å². The second-order valence-electron chi connectivity index (χ2n) is 3.34. The van der Waals surface area contributed by atoms with Gasteiger partial charge in [0.25, 0.3) is 0 Å². The molecule has 0 aliphatic carbocycles. The molecule has 1 saturated heterocycles. The quantitative estimate of drug-likeness (QED) is 0.713. The maximum Gasteiger partial charge on any atom is 0.134 e. The minimum Gasteiger partial charge on any atom is -0.357 e. The monoisotopic (exact) mass is 181 g/mol. The van der Waals surface area contributed by atoms with Gasteiger partial charge in [-0.2, -0.15) is 0 Å². The smallest absolute Gasteiger partial charge is 0.134 e. The molecule has 2 atom stereocenters. The van der Waals surface area contributed by atoms with Crippen molar-refractivity contribution in [1.29, 1.82) is 0 Å². The van der Waals surface area contributed by atoms with Gasteiger partial charge in [-0.25, -0.2) is 4.39 Å². The van der Waals surface area contributed by atoms with E-state index in [1.54, 1.807) is 6.07 Å². The van der Waals surface area contributed by atoms with E-state index in [9.17, 15) is 4.39 Å². The maximum atomic E-state index is 12.8. The summed E-state index contributed by atoms with van der Waals surface area (Å²) in [6, 6.07) is 6.82. The predicted octanol–water partition coefficient (Wildman–Crippen LogP) is 1.83. The first-order chi connectivity index (χ1) is 6.25. The zero-order valence-corrected chi connectivity index (χ0v) is 7.46. The summed E-state index contributed by atoms with van der Waals surface area (Å²) < 4.78 is 18.3. The summed E-state index contributed by atoms with van der Waals surface area (Å²) in [7, 11) is 0. The van der Waals surface area contributed by atoms with Crippen molar-refractivity contribution in [3.8, 4) is 0 Å². The molecule has 1 aliphatic heterocycles. The SMILES string of the molecule is CC1COC(c2cccc(F)c2)N1. The van der Waals surface area contributed by atoms with E-state index < -0.39 is 0 Å². The molecular formula is C10H12FNO. The summed E-state index contributed by atoms with van der Waals surface area (Å²) >= 11 is 0. The van der Waals surface area contributed by atoms with Crippen LogP contribution in [0.25, 0.3) is 0 Å². The summed E-state index contributed by atoms with van der Waals surface area (Å²) in [6.07, 6.45) is -0.148. The third-order valence-electron chi connectivity index (χ3n) is 2.10. The van der Waals surface area contributed by atoms with Gasteiger partial charge in [0, 0.05) is 6.04 Å². The fourth-order valence-corrected chi connectivity index (χ4v) is 1.46. The lowest BCUT2D eigenvalue weighted by molar-refractivity contribution is 0.101. The van der Waals surface area contributed by atoms with E-state index in [0.717, 1.165) is 5.56 Å². The number of hydrogen-bond donors (Lipinski definition) is 1. The number of rotatable bonds is 1. The van der Waals surface area contributed by atoms with Crippen LogP contribution in [-0.4, -0.2) is 12.6 Å². The Hall–Kier alpha value is -0.930. The van der Waals surface area contributed by atoms with Crippen LogP contribution in [-0.2, 0) is 4.74 Å². The molecule has 1 heterocycles. The molecule has 2 nitrogen and oxygen atoms in total. The van der Waals surface area contributed by atoms with Crippen molar-refractivity contribution in [2.75, 3.05) is 6.61 Å².